The van der Waals surface area contributed by atoms with Crippen molar-refractivity contribution < 1.29 is 4.79 Å². The van der Waals surface area contributed by atoms with E-state index in [0.717, 1.165) is 5.56 Å². The zero-order chi connectivity index (χ0) is 9.80. The average Bonchev–Trinajstić information content (AvgIpc) is 2.72. The van der Waals surface area contributed by atoms with E-state index in [0.29, 0.717) is 12.0 Å². The van der Waals surface area contributed by atoms with E-state index in [1.165, 1.54) is 0 Å². The van der Waals surface area contributed by atoms with Crippen molar-refractivity contribution in [1.29, 1.82) is 0 Å². The van der Waals surface area contributed by atoms with Gasteiger partial charge in [-0.2, -0.15) is 0 Å². The molecule has 0 radical (unpaired) electrons. The Bertz CT molecular complexity index is 432. The summed E-state index contributed by atoms with van der Waals surface area (Å²) in [6.07, 6.45) is 5.85. The van der Waals surface area contributed by atoms with Crippen molar-refractivity contribution in [3.05, 3.63) is 65.4 Å². The third kappa shape index (κ3) is 1.90. The van der Waals surface area contributed by atoms with Crippen LogP contribution in [0.15, 0.2) is 59.9 Å². The first-order chi connectivity index (χ1) is 6.86. The molecule has 1 heteroatoms. The lowest BCUT2D eigenvalue weighted by molar-refractivity contribution is -0.114. The van der Waals surface area contributed by atoms with E-state index < -0.39 is 0 Å². The Morgan fingerprint density at radius 1 is 1.21 bits per heavy atom. The molecule has 0 saturated heterocycles. The molecule has 0 atom stereocenters. The lowest BCUT2D eigenvalue weighted by Gasteiger charge is -1.98. The Kier molecular flexibility index (Phi) is 2.44. The summed E-state index contributed by atoms with van der Waals surface area (Å²) in [5.41, 5.74) is 4.63. The molecule has 0 N–H and O–H groups in total. The van der Waals surface area contributed by atoms with Crippen LogP contribution < -0.4 is 0 Å². The van der Waals surface area contributed by atoms with Gasteiger partial charge in [-0.3, -0.25) is 4.79 Å². The van der Waals surface area contributed by atoms with Gasteiger partial charge < -0.3 is 0 Å². The number of allylic oxidation sites excluding steroid dienone is 3. The molecule has 2 rings (SSSR count). The number of carbonyl (C=O) groups excluding carboxylic acids is 1. The number of benzene rings is 1. The van der Waals surface area contributed by atoms with Crippen LogP contribution in [-0.2, 0) is 11.2 Å². The van der Waals surface area contributed by atoms with E-state index in [-0.39, 0.29) is 5.78 Å². The van der Waals surface area contributed by atoms with E-state index in [1.54, 1.807) is 12.2 Å². The van der Waals surface area contributed by atoms with Crippen molar-refractivity contribution >= 4 is 5.78 Å². The van der Waals surface area contributed by atoms with Crippen LogP contribution in [0.1, 0.15) is 5.56 Å². The van der Waals surface area contributed by atoms with Gasteiger partial charge in [0, 0.05) is 6.42 Å². The van der Waals surface area contributed by atoms with Gasteiger partial charge in [0.2, 0.25) is 0 Å². The van der Waals surface area contributed by atoms with Gasteiger partial charge in [-0.05, 0) is 17.7 Å². The van der Waals surface area contributed by atoms with Gasteiger partial charge in [0.05, 0.1) is 5.57 Å². The highest BCUT2D eigenvalue weighted by atomic mass is 16.1. The highest BCUT2D eigenvalue weighted by Crippen LogP contribution is 2.08. The maximum absolute atomic E-state index is 11.6. The topological polar surface area (TPSA) is 17.1 Å². The summed E-state index contributed by atoms with van der Waals surface area (Å²) in [6, 6.07) is 9.75. The van der Waals surface area contributed by atoms with Crippen LogP contribution in [0.25, 0.3) is 0 Å². The summed E-state index contributed by atoms with van der Waals surface area (Å²) in [4.78, 5) is 11.6. The molecule has 0 saturated carbocycles. The van der Waals surface area contributed by atoms with Crippen molar-refractivity contribution in [1.82, 2.24) is 0 Å². The monoisotopic (exact) mass is 182 g/mol. The molecule has 0 heterocycles. The summed E-state index contributed by atoms with van der Waals surface area (Å²) in [5, 5.41) is 0. The van der Waals surface area contributed by atoms with Crippen LogP contribution in [0.5, 0.6) is 0 Å². The van der Waals surface area contributed by atoms with Crippen molar-refractivity contribution in [3.63, 3.8) is 0 Å². The van der Waals surface area contributed by atoms with Crippen LogP contribution >= 0.6 is 0 Å². The molecule has 14 heavy (non-hydrogen) atoms. The summed E-state index contributed by atoms with van der Waals surface area (Å²) < 4.78 is 0. The molecule has 0 fully saturated rings. The van der Waals surface area contributed by atoms with Gasteiger partial charge in [0.15, 0.2) is 5.78 Å². The van der Waals surface area contributed by atoms with Crippen LogP contribution in [-0.4, -0.2) is 5.78 Å². The van der Waals surface area contributed by atoms with E-state index in [2.05, 4.69) is 5.73 Å². The summed E-state index contributed by atoms with van der Waals surface area (Å²) in [5.74, 6) is 0.126. The van der Waals surface area contributed by atoms with Crippen LogP contribution in [0.3, 0.4) is 0 Å². The Hall–Kier alpha value is -1.85. The SMILES string of the molecule is O=C(Cc1ccccc1)C1=C=CC=C1. The Morgan fingerprint density at radius 2 is 2.00 bits per heavy atom. The van der Waals surface area contributed by atoms with Crippen molar-refractivity contribution in [3.8, 4) is 0 Å². The van der Waals surface area contributed by atoms with E-state index in [9.17, 15) is 4.79 Å². The predicted octanol–water partition coefficient (Wildman–Crippen LogP) is 2.45. The number of rotatable bonds is 3. The molecule has 1 aromatic rings. The molecule has 1 aromatic carbocycles. The molecular formula is C13H10O. The van der Waals surface area contributed by atoms with Gasteiger partial charge in [-0.25, -0.2) is 0 Å². The minimum absolute atomic E-state index is 0.126. The highest BCUT2D eigenvalue weighted by molar-refractivity contribution is 5.99. The van der Waals surface area contributed by atoms with Crippen LogP contribution in [0.4, 0.5) is 0 Å². The zero-order valence-electron chi connectivity index (χ0n) is 7.73. The maximum Gasteiger partial charge on any atom is 0.174 e. The molecule has 68 valence electrons. The largest absolute Gasteiger partial charge is 0.293 e. The molecule has 0 unspecified atom stereocenters. The van der Waals surface area contributed by atoms with E-state index in [1.807, 2.05) is 36.4 Å². The predicted molar refractivity (Wildman–Crippen MR) is 55.9 cm³/mol. The minimum atomic E-state index is 0.126. The molecule has 0 amide bonds. The first kappa shape index (κ1) is 8.74. The molecule has 1 nitrogen and oxygen atoms in total. The van der Waals surface area contributed by atoms with Crippen LogP contribution in [0, 0.1) is 0 Å². The third-order valence-electron chi connectivity index (χ3n) is 2.11. The minimum Gasteiger partial charge on any atom is -0.293 e. The van der Waals surface area contributed by atoms with Crippen molar-refractivity contribution in [2.45, 2.75) is 6.42 Å². The fourth-order valence-electron chi connectivity index (χ4n) is 1.38. The van der Waals surface area contributed by atoms with Gasteiger partial charge in [-0.1, -0.05) is 36.4 Å². The second-order valence-corrected chi connectivity index (χ2v) is 3.17. The van der Waals surface area contributed by atoms with Gasteiger partial charge in [-0.15, -0.1) is 5.73 Å². The van der Waals surface area contributed by atoms with Gasteiger partial charge in [0.1, 0.15) is 0 Å². The molecule has 0 spiro atoms. The zero-order valence-corrected chi connectivity index (χ0v) is 7.73. The Balaban J connectivity index is 2.09. The summed E-state index contributed by atoms with van der Waals surface area (Å²) in [6.45, 7) is 0. The number of hydrogen-bond donors (Lipinski definition) is 0. The molecule has 0 aromatic heterocycles. The van der Waals surface area contributed by atoms with E-state index in [4.69, 9.17) is 0 Å². The first-order valence-corrected chi connectivity index (χ1v) is 4.57. The second-order valence-electron chi connectivity index (χ2n) is 3.17. The Morgan fingerprint density at radius 3 is 2.64 bits per heavy atom. The maximum atomic E-state index is 11.6. The lowest BCUT2D eigenvalue weighted by atomic mass is 10.0. The fourth-order valence-corrected chi connectivity index (χ4v) is 1.38. The number of carbonyl (C=O) groups is 1. The third-order valence-corrected chi connectivity index (χ3v) is 2.11. The molecule has 0 bridgehead atoms. The number of Topliss-reactive ketones (excluding diaryl/α,β-unsaturated/α-hetero) is 1. The van der Waals surface area contributed by atoms with Crippen molar-refractivity contribution in [2.24, 2.45) is 0 Å². The molecule has 0 aliphatic heterocycles. The average molecular weight is 182 g/mol. The molecule has 1 aliphatic carbocycles. The smallest absolute Gasteiger partial charge is 0.174 e. The number of hydrogen-bond acceptors (Lipinski definition) is 1. The normalized spacial score (nSPS) is 13.0. The lowest BCUT2D eigenvalue weighted by Crippen LogP contribution is -2.03. The van der Waals surface area contributed by atoms with Crippen LogP contribution in [0.2, 0.25) is 0 Å². The summed E-state index contributed by atoms with van der Waals surface area (Å²) >= 11 is 0. The molecular weight excluding hydrogens is 172 g/mol. The van der Waals surface area contributed by atoms with E-state index >= 15 is 0 Å². The fraction of sp³-hybridized carbons (Fsp3) is 0.0769. The van der Waals surface area contributed by atoms with Gasteiger partial charge >= 0.3 is 0 Å². The number of ketones is 1. The highest BCUT2D eigenvalue weighted by Gasteiger charge is 2.07. The first-order valence-electron chi connectivity index (χ1n) is 4.57. The quantitative estimate of drug-likeness (QED) is 0.656. The Labute approximate surface area is 83.1 Å². The standard InChI is InChI=1S/C13H10O/c14-13(12-8-4-5-9-12)10-11-6-2-1-3-7-11/h1-8H,10H2. The van der Waals surface area contributed by atoms with Gasteiger partial charge in [0.25, 0.3) is 0 Å². The summed E-state index contributed by atoms with van der Waals surface area (Å²) in [7, 11) is 0. The molecule has 1 aliphatic rings. The van der Waals surface area contributed by atoms with Crippen molar-refractivity contribution in [2.75, 3.05) is 0 Å². The second kappa shape index (κ2) is 3.91.